The largest absolute Gasteiger partial charge is 0.493 e. The van der Waals surface area contributed by atoms with Gasteiger partial charge < -0.3 is 10.5 Å². The molecule has 0 saturated carbocycles. The Morgan fingerprint density at radius 2 is 2.00 bits per heavy atom. The Labute approximate surface area is 103 Å². The van der Waals surface area contributed by atoms with Crippen LogP contribution in [0.15, 0.2) is 18.2 Å². The predicted molar refractivity (Wildman–Crippen MR) is 68.6 cm³/mol. The van der Waals surface area contributed by atoms with Crippen molar-refractivity contribution >= 4 is 0 Å². The topological polar surface area (TPSA) is 35.2 Å². The zero-order valence-electron chi connectivity index (χ0n) is 10.9. The highest BCUT2D eigenvalue weighted by molar-refractivity contribution is 5.36. The van der Waals surface area contributed by atoms with E-state index in [1.54, 1.807) is 6.07 Å². The van der Waals surface area contributed by atoms with Crippen LogP contribution in [0.2, 0.25) is 0 Å². The highest BCUT2D eigenvalue weighted by atomic mass is 19.1. The van der Waals surface area contributed by atoms with Crippen molar-refractivity contribution in [3.8, 4) is 5.75 Å². The van der Waals surface area contributed by atoms with Crippen LogP contribution < -0.4 is 10.5 Å². The van der Waals surface area contributed by atoms with Gasteiger partial charge in [0.2, 0.25) is 0 Å². The van der Waals surface area contributed by atoms with Crippen molar-refractivity contribution in [2.45, 2.75) is 39.7 Å². The summed E-state index contributed by atoms with van der Waals surface area (Å²) in [6.45, 7) is 6.86. The monoisotopic (exact) mass is 239 g/mol. The SMILES string of the molecule is CC(C)CCCOc1ccc(F)cc1[C@@H](C)N. The lowest BCUT2D eigenvalue weighted by molar-refractivity contribution is 0.293. The number of halogens is 1. The van der Waals surface area contributed by atoms with Crippen molar-refractivity contribution in [1.29, 1.82) is 0 Å². The van der Waals surface area contributed by atoms with Crippen LogP contribution in [-0.2, 0) is 0 Å². The van der Waals surface area contributed by atoms with Crippen LogP contribution in [0.4, 0.5) is 4.39 Å². The lowest BCUT2D eigenvalue weighted by Gasteiger charge is -2.14. The lowest BCUT2D eigenvalue weighted by atomic mass is 10.1. The maximum absolute atomic E-state index is 13.1. The van der Waals surface area contributed by atoms with Gasteiger partial charge in [0.05, 0.1) is 6.61 Å². The molecule has 0 spiro atoms. The molecule has 0 unspecified atom stereocenters. The Bertz CT molecular complexity index is 350. The van der Waals surface area contributed by atoms with Gasteiger partial charge in [-0.05, 0) is 43.9 Å². The Morgan fingerprint density at radius 1 is 1.29 bits per heavy atom. The molecule has 0 aromatic heterocycles. The second kappa shape index (κ2) is 6.60. The Morgan fingerprint density at radius 3 is 2.59 bits per heavy atom. The van der Waals surface area contributed by atoms with Crippen LogP contribution in [0.1, 0.15) is 45.2 Å². The van der Waals surface area contributed by atoms with Gasteiger partial charge in [0.15, 0.2) is 0 Å². The lowest BCUT2D eigenvalue weighted by Crippen LogP contribution is -2.09. The van der Waals surface area contributed by atoms with E-state index >= 15 is 0 Å². The molecule has 1 atom stereocenters. The van der Waals surface area contributed by atoms with Crippen molar-refractivity contribution in [2.24, 2.45) is 11.7 Å². The van der Waals surface area contributed by atoms with Gasteiger partial charge in [-0.3, -0.25) is 0 Å². The van der Waals surface area contributed by atoms with E-state index in [1.165, 1.54) is 12.1 Å². The van der Waals surface area contributed by atoms with E-state index in [-0.39, 0.29) is 11.9 Å². The van der Waals surface area contributed by atoms with E-state index in [9.17, 15) is 4.39 Å². The third-order valence-corrected chi connectivity index (χ3v) is 2.65. The highest BCUT2D eigenvalue weighted by Gasteiger charge is 2.09. The van der Waals surface area contributed by atoms with Gasteiger partial charge in [-0.25, -0.2) is 4.39 Å². The van der Waals surface area contributed by atoms with Crippen molar-refractivity contribution in [3.63, 3.8) is 0 Å². The van der Waals surface area contributed by atoms with Gasteiger partial charge in [-0.2, -0.15) is 0 Å². The molecule has 0 heterocycles. The third kappa shape index (κ3) is 4.73. The summed E-state index contributed by atoms with van der Waals surface area (Å²) in [7, 11) is 0. The number of benzene rings is 1. The van der Waals surface area contributed by atoms with E-state index in [0.717, 1.165) is 18.4 Å². The van der Waals surface area contributed by atoms with Gasteiger partial charge in [0.1, 0.15) is 11.6 Å². The summed E-state index contributed by atoms with van der Waals surface area (Å²) in [4.78, 5) is 0. The fourth-order valence-corrected chi connectivity index (χ4v) is 1.68. The van der Waals surface area contributed by atoms with Crippen molar-refractivity contribution in [2.75, 3.05) is 6.61 Å². The van der Waals surface area contributed by atoms with Gasteiger partial charge >= 0.3 is 0 Å². The van der Waals surface area contributed by atoms with Crippen LogP contribution >= 0.6 is 0 Å². The quantitative estimate of drug-likeness (QED) is 0.769. The first-order chi connectivity index (χ1) is 8.00. The number of rotatable bonds is 6. The molecule has 0 aliphatic rings. The van der Waals surface area contributed by atoms with Crippen molar-refractivity contribution in [3.05, 3.63) is 29.6 Å². The molecule has 1 aromatic rings. The second-order valence-corrected chi connectivity index (χ2v) is 4.86. The zero-order chi connectivity index (χ0) is 12.8. The molecule has 17 heavy (non-hydrogen) atoms. The molecular weight excluding hydrogens is 217 g/mol. The van der Waals surface area contributed by atoms with E-state index in [4.69, 9.17) is 10.5 Å². The van der Waals surface area contributed by atoms with Crippen molar-refractivity contribution < 1.29 is 9.13 Å². The summed E-state index contributed by atoms with van der Waals surface area (Å²) in [5, 5.41) is 0. The van der Waals surface area contributed by atoms with E-state index < -0.39 is 0 Å². The van der Waals surface area contributed by atoms with Gasteiger partial charge in [-0.1, -0.05) is 13.8 Å². The first kappa shape index (κ1) is 14.0. The summed E-state index contributed by atoms with van der Waals surface area (Å²) < 4.78 is 18.7. The molecule has 2 nitrogen and oxygen atoms in total. The molecule has 2 N–H and O–H groups in total. The fraction of sp³-hybridized carbons (Fsp3) is 0.571. The van der Waals surface area contributed by atoms with Crippen LogP contribution in [0.5, 0.6) is 5.75 Å². The molecule has 0 amide bonds. The second-order valence-electron chi connectivity index (χ2n) is 4.86. The molecule has 1 rings (SSSR count). The normalized spacial score (nSPS) is 12.8. The fourth-order valence-electron chi connectivity index (χ4n) is 1.68. The van der Waals surface area contributed by atoms with Crippen LogP contribution in [0.25, 0.3) is 0 Å². The molecule has 96 valence electrons. The standard InChI is InChI=1S/C14H22FNO/c1-10(2)5-4-8-17-14-7-6-12(15)9-13(14)11(3)16/h6-7,9-11H,4-5,8,16H2,1-3H3/t11-/m1/s1. The number of hydrogen-bond acceptors (Lipinski definition) is 2. The summed E-state index contributed by atoms with van der Waals surface area (Å²) in [5.74, 6) is 1.11. The minimum Gasteiger partial charge on any atom is -0.493 e. The molecule has 0 saturated heterocycles. The predicted octanol–water partition coefficient (Wildman–Crippen LogP) is 3.66. The Hall–Kier alpha value is -1.09. The number of nitrogens with two attached hydrogens (primary N) is 1. The minimum absolute atomic E-state index is 0.217. The molecule has 3 heteroatoms. The van der Waals surface area contributed by atoms with Crippen molar-refractivity contribution in [1.82, 2.24) is 0 Å². The Kier molecular flexibility index (Phi) is 5.42. The zero-order valence-corrected chi connectivity index (χ0v) is 10.9. The van der Waals surface area contributed by atoms with E-state index in [0.29, 0.717) is 18.3 Å². The molecule has 0 fully saturated rings. The Balaban J connectivity index is 2.58. The summed E-state index contributed by atoms with van der Waals surface area (Å²) in [5.41, 5.74) is 6.52. The maximum Gasteiger partial charge on any atom is 0.124 e. The molecule has 1 aromatic carbocycles. The minimum atomic E-state index is -0.271. The summed E-state index contributed by atoms with van der Waals surface area (Å²) >= 11 is 0. The smallest absolute Gasteiger partial charge is 0.124 e. The average Bonchev–Trinajstić information content (AvgIpc) is 2.25. The first-order valence-electron chi connectivity index (χ1n) is 6.18. The summed E-state index contributed by atoms with van der Waals surface area (Å²) in [6, 6.07) is 4.29. The molecular formula is C14H22FNO. The summed E-state index contributed by atoms with van der Waals surface area (Å²) in [6.07, 6.45) is 2.14. The maximum atomic E-state index is 13.1. The molecule has 0 bridgehead atoms. The van der Waals surface area contributed by atoms with Gasteiger partial charge in [-0.15, -0.1) is 0 Å². The molecule has 0 aliphatic heterocycles. The van der Waals surface area contributed by atoms with E-state index in [2.05, 4.69) is 13.8 Å². The van der Waals surface area contributed by atoms with Gasteiger partial charge in [0, 0.05) is 11.6 Å². The molecule has 0 aliphatic carbocycles. The van der Waals surface area contributed by atoms with Crippen LogP contribution in [0, 0.1) is 11.7 Å². The highest BCUT2D eigenvalue weighted by Crippen LogP contribution is 2.25. The average molecular weight is 239 g/mol. The molecule has 0 radical (unpaired) electrons. The van der Waals surface area contributed by atoms with Crippen LogP contribution in [0.3, 0.4) is 0 Å². The van der Waals surface area contributed by atoms with Gasteiger partial charge in [0.25, 0.3) is 0 Å². The first-order valence-corrected chi connectivity index (χ1v) is 6.18. The van der Waals surface area contributed by atoms with Crippen LogP contribution in [-0.4, -0.2) is 6.61 Å². The van der Waals surface area contributed by atoms with E-state index in [1.807, 2.05) is 6.92 Å². The third-order valence-electron chi connectivity index (χ3n) is 2.65. The number of ether oxygens (including phenoxy) is 1. The number of hydrogen-bond donors (Lipinski definition) is 1.